The summed E-state index contributed by atoms with van der Waals surface area (Å²) in [6.45, 7) is 2.80. The van der Waals surface area contributed by atoms with Crippen LogP contribution in [0, 0.1) is 11.8 Å². The summed E-state index contributed by atoms with van der Waals surface area (Å²) in [6.07, 6.45) is 3.72. The third-order valence-electron chi connectivity index (χ3n) is 4.01. The van der Waals surface area contributed by atoms with Crippen molar-refractivity contribution in [3.8, 4) is 0 Å². The SMILES string of the molecule is O=C(O)CCNC(=O)N1CCOCC(C2CCC2)C1. The van der Waals surface area contributed by atoms with E-state index in [-0.39, 0.29) is 19.0 Å². The lowest BCUT2D eigenvalue weighted by molar-refractivity contribution is -0.136. The number of rotatable bonds is 4. The maximum Gasteiger partial charge on any atom is 0.317 e. The fourth-order valence-corrected chi connectivity index (χ4v) is 2.61. The smallest absolute Gasteiger partial charge is 0.317 e. The molecule has 0 spiro atoms. The predicted octanol–water partition coefficient (Wildman–Crippen LogP) is 0.919. The molecule has 6 heteroatoms. The van der Waals surface area contributed by atoms with Gasteiger partial charge in [0, 0.05) is 25.6 Å². The number of carboxylic acids is 1. The van der Waals surface area contributed by atoms with Gasteiger partial charge in [-0.2, -0.15) is 0 Å². The van der Waals surface area contributed by atoms with Gasteiger partial charge in [0.05, 0.1) is 19.6 Å². The highest BCUT2D eigenvalue weighted by Gasteiger charge is 2.31. The van der Waals surface area contributed by atoms with Crippen LogP contribution < -0.4 is 5.32 Å². The minimum atomic E-state index is -0.896. The number of aliphatic carboxylic acids is 1. The molecule has 0 radical (unpaired) electrons. The molecule has 1 aliphatic heterocycles. The van der Waals surface area contributed by atoms with Crippen molar-refractivity contribution in [2.24, 2.45) is 11.8 Å². The first-order valence-corrected chi connectivity index (χ1v) is 6.99. The second-order valence-electron chi connectivity index (χ2n) is 5.35. The van der Waals surface area contributed by atoms with E-state index in [1.54, 1.807) is 4.90 Å². The number of carbonyl (C=O) groups excluding carboxylic acids is 1. The summed E-state index contributed by atoms with van der Waals surface area (Å²) in [5.41, 5.74) is 0. The fourth-order valence-electron chi connectivity index (χ4n) is 2.61. The van der Waals surface area contributed by atoms with Gasteiger partial charge in [-0.15, -0.1) is 0 Å². The highest BCUT2D eigenvalue weighted by molar-refractivity contribution is 5.75. The van der Waals surface area contributed by atoms with Crippen molar-refractivity contribution in [2.75, 3.05) is 32.8 Å². The molecular weight excluding hydrogens is 248 g/mol. The highest BCUT2D eigenvalue weighted by atomic mass is 16.5. The number of nitrogens with one attached hydrogen (secondary N) is 1. The fraction of sp³-hybridized carbons (Fsp3) is 0.846. The molecule has 0 aromatic carbocycles. The van der Waals surface area contributed by atoms with Gasteiger partial charge in [-0.3, -0.25) is 4.79 Å². The van der Waals surface area contributed by atoms with E-state index in [0.29, 0.717) is 25.0 Å². The quantitative estimate of drug-likeness (QED) is 0.796. The van der Waals surface area contributed by atoms with Gasteiger partial charge in [-0.25, -0.2) is 4.79 Å². The molecule has 108 valence electrons. The molecule has 1 saturated heterocycles. The lowest BCUT2D eigenvalue weighted by Crippen LogP contribution is -2.45. The Morgan fingerprint density at radius 2 is 2.11 bits per heavy atom. The van der Waals surface area contributed by atoms with Gasteiger partial charge in [0.1, 0.15) is 0 Å². The Bertz CT molecular complexity index is 331. The van der Waals surface area contributed by atoms with Gasteiger partial charge in [-0.1, -0.05) is 19.3 Å². The number of ether oxygens (including phenoxy) is 1. The zero-order valence-corrected chi connectivity index (χ0v) is 11.1. The van der Waals surface area contributed by atoms with Crippen LogP contribution in [0.15, 0.2) is 0 Å². The van der Waals surface area contributed by atoms with Gasteiger partial charge >= 0.3 is 12.0 Å². The van der Waals surface area contributed by atoms with Crippen molar-refractivity contribution >= 4 is 12.0 Å². The molecule has 2 amide bonds. The molecule has 2 N–H and O–H groups in total. The summed E-state index contributed by atoms with van der Waals surface area (Å²) in [5, 5.41) is 11.2. The molecule has 1 atom stereocenters. The first-order valence-electron chi connectivity index (χ1n) is 6.99. The van der Waals surface area contributed by atoms with Crippen LogP contribution in [0.3, 0.4) is 0 Å². The summed E-state index contributed by atoms with van der Waals surface area (Å²) in [7, 11) is 0. The number of amides is 2. The number of nitrogens with zero attached hydrogens (tertiary/aromatic N) is 1. The Labute approximate surface area is 113 Å². The highest BCUT2D eigenvalue weighted by Crippen LogP contribution is 2.34. The van der Waals surface area contributed by atoms with E-state index in [0.717, 1.165) is 13.2 Å². The number of carboxylic acid groups (broad SMARTS) is 1. The minimum Gasteiger partial charge on any atom is -0.481 e. The lowest BCUT2D eigenvalue weighted by Gasteiger charge is -2.34. The summed E-state index contributed by atoms with van der Waals surface area (Å²) < 4.78 is 5.57. The number of hydrogen-bond donors (Lipinski definition) is 2. The van der Waals surface area contributed by atoms with E-state index < -0.39 is 5.97 Å². The molecular formula is C13H22N2O4. The zero-order valence-electron chi connectivity index (χ0n) is 11.1. The van der Waals surface area contributed by atoms with E-state index in [9.17, 15) is 9.59 Å². The van der Waals surface area contributed by atoms with Crippen molar-refractivity contribution in [1.82, 2.24) is 10.2 Å². The molecule has 2 aliphatic rings. The molecule has 0 aromatic heterocycles. The molecule has 1 saturated carbocycles. The Morgan fingerprint density at radius 3 is 2.74 bits per heavy atom. The summed E-state index contributed by atoms with van der Waals surface area (Å²) >= 11 is 0. The molecule has 2 fully saturated rings. The van der Waals surface area contributed by atoms with E-state index >= 15 is 0 Å². The average Bonchev–Trinajstić information content (AvgIpc) is 2.52. The largest absolute Gasteiger partial charge is 0.481 e. The van der Waals surface area contributed by atoms with Crippen molar-refractivity contribution in [1.29, 1.82) is 0 Å². The van der Waals surface area contributed by atoms with Crippen LogP contribution in [-0.2, 0) is 9.53 Å². The molecule has 6 nitrogen and oxygen atoms in total. The Balaban J connectivity index is 1.79. The van der Waals surface area contributed by atoms with Crippen molar-refractivity contribution < 1.29 is 19.4 Å². The maximum absolute atomic E-state index is 12.0. The van der Waals surface area contributed by atoms with E-state index in [1.807, 2.05) is 0 Å². The van der Waals surface area contributed by atoms with Crippen LogP contribution in [0.5, 0.6) is 0 Å². The monoisotopic (exact) mass is 270 g/mol. The number of urea groups is 1. The lowest BCUT2D eigenvalue weighted by atomic mass is 9.76. The molecule has 1 unspecified atom stereocenters. The molecule has 1 aliphatic carbocycles. The normalized spacial score (nSPS) is 24.4. The van der Waals surface area contributed by atoms with Crippen molar-refractivity contribution in [3.63, 3.8) is 0 Å². The Hall–Kier alpha value is -1.30. The second kappa shape index (κ2) is 6.75. The average molecular weight is 270 g/mol. The topological polar surface area (TPSA) is 78.9 Å². The van der Waals surface area contributed by atoms with Gasteiger partial charge in [0.15, 0.2) is 0 Å². The van der Waals surface area contributed by atoms with E-state index in [4.69, 9.17) is 9.84 Å². The molecule has 1 heterocycles. The summed E-state index contributed by atoms with van der Waals surface area (Å²) in [4.78, 5) is 24.1. The van der Waals surface area contributed by atoms with Crippen molar-refractivity contribution in [2.45, 2.75) is 25.7 Å². The molecule has 19 heavy (non-hydrogen) atoms. The first-order chi connectivity index (χ1) is 9.16. The maximum atomic E-state index is 12.0. The number of carbonyl (C=O) groups is 2. The predicted molar refractivity (Wildman–Crippen MR) is 68.9 cm³/mol. The molecule has 0 aromatic rings. The van der Waals surface area contributed by atoms with Crippen LogP contribution in [0.2, 0.25) is 0 Å². The number of hydrogen-bond acceptors (Lipinski definition) is 3. The van der Waals surface area contributed by atoms with Crippen LogP contribution in [-0.4, -0.2) is 54.9 Å². The minimum absolute atomic E-state index is 0.0396. The standard InChI is InChI=1S/C13H22N2O4/c16-12(17)4-5-14-13(18)15-6-7-19-9-11(8-15)10-2-1-3-10/h10-11H,1-9H2,(H,14,18)(H,16,17). The molecule has 0 bridgehead atoms. The van der Waals surface area contributed by atoms with Gasteiger partial charge < -0.3 is 20.1 Å². The van der Waals surface area contributed by atoms with E-state index in [1.165, 1.54) is 19.3 Å². The Kier molecular flexibility index (Phi) is 5.01. The van der Waals surface area contributed by atoms with E-state index in [2.05, 4.69) is 5.32 Å². The summed E-state index contributed by atoms with van der Waals surface area (Å²) in [5.74, 6) is 0.223. The van der Waals surface area contributed by atoms with Crippen LogP contribution in [0.4, 0.5) is 4.79 Å². The Morgan fingerprint density at radius 1 is 1.32 bits per heavy atom. The first kappa shape index (κ1) is 14.1. The van der Waals surface area contributed by atoms with Crippen LogP contribution in [0.1, 0.15) is 25.7 Å². The third-order valence-corrected chi connectivity index (χ3v) is 4.01. The zero-order chi connectivity index (χ0) is 13.7. The summed E-state index contributed by atoms with van der Waals surface area (Å²) in [6, 6.07) is -0.170. The van der Waals surface area contributed by atoms with Crippen LogP contribution >= 0.6 is 0 Å². The van der Waals surface area contributed by atoms with Crippen molar-refractivity contribution in [3.05, 3.63) is 0 Å². The van der Waals surface area contributed by atoms with Gasteiger partial charge in [0.2, 0.25) is 0 Å². The van der Waals surface area contributed by atoms with Crippen LogP contribution in [0.25, 0.3) is 0 Å². The van der Waals surface area contributed by atoms with Gasteiger partial charge in [-0.05, 0) is 5.92 Å². The second-order valence-corrected chi connectivity index (χ2v) is 5.35. The van der Waals surface area contributed by atoms with Gasteiger partial charge in [0.25, 0.3) is 0 Å². The molecule has 2 rings (SSSR count). The third kappa shape index (κ3) is 4.09.